The van der Waals surface area contributed by atoms with E-state index in [-0.39, 0.29) is 5.97 Å². The van der Waals surface area contributed by atoms with Gasteiger partial charge in [-0.15, -0.1) is 5.10 Å². The number of nitrogens with zero attached hydrogens (tertiary/aromatic N) is 4. The first-order valence-corrected chi connectivity index (χ1v) is 8.55. The molecule has 0 bridgehead atoms. The lowest BCUT2D eigenvalue weighted by Crippen LogP contribution is -2.13. The normalized spacial score (nSPS) is 12.3. The Morgan fingerprint density at radius 1 is 1.25 bits per heavy atom. The minimum Gasteiger partial charge on any atom is -0.465 e. The molecule has 0 amide bonds. The fourth-order valence-electron chi connectivity index (χ4n) is 2.40. The molecule has 6 nitrogen and oxygen atoms in total. The summed E-state index contributed by atoms with van der Waals surface area (Å²) in [6, 6.07) is 11.4. The first-order valence-electron chi connectivity index (χ1n) is 7.67. The summed E-state index contributed by atoms with van der Waals surface area (Å²) in [7, 11) is 0. The van der Waals surface area contributed by atoms with Gasteiger partial charge in [0.1, 0.15) is 5.25 Å². The van der Waals surface area contributed by atoms with Crippen molar-refractivity contribution in [3.63, 3.8) is 0 Å². The van der Waals surface area contributed by atoms with Crippen molar-refractivity contribution in [1.82, 2.24) is 19.6 Å². The summed E-state index contributed by atoms with van der Waals surface area (Å²) in [5.41, 5.74) is 2.69. The highest BCUT2D eigenvalue weighted by atomic mass is 32.2. The van der Waals surface area contributed by atoms with Gasteiger partial charge in [0, 0.05) is 11.4 Å². The van der Waals surface area contributed by atoms with Crippen molar-refractivity contribution in [3.05, 3.63) is 53.3 Å². The van der Waals surface area contributed by atoms with Gasteiger partial charge in [-0.1, -0.05) is 42.1 Å². The van der Waals surface area contributed by atoms with Crippen molar-refractivity contribution >= 4 is 23.5 Å². The second-order valence-corrected chi connectivity index (χ2v) is 6.38. The summed E-state index contributed by atoms with van der Waals surface area (Å²) in [5, 5.41) is 4.45. The fourth-order valence-corrected chi connectivity index (χ4v) is 3.33. The molecular formula is C17H18N4O2S. The minimum absolute atomic E-state index is 0.298. The van der Waals surface area contributed by atoms with E-state index < -0.39 is 5.25 Å². The molecule has 2 heterocycles. The molecule has 0 aliphatic rings. The predicted molar refractivity (Wildman–Crippen MR) is 91.9 cm³/mol. The maximum Gasteiger partial charge on any atom is 0.324 e. The molecule has 0 radical (unpaired) electrons. The number of hydrogen-bond acceptors (Lipinski definition) is 6. The van der Waals surface area contributed by atoms with Crippen LogP contribution in [0.2, 0.25) is 0 Å². The molecule has 1 aromatic carbocycles. The van der Waals surface area contributed by atoms with Gasteiger partial charge >= 0.3 is 5.97 Å². The Kier molecular flexibility index (Phi) is 4.80. The number of hydrogen-bond donors (Lipinski definition) is 0. The van der Waals surface area contributed by atoms with Crippen molar-refractivity contribution in [1.29, 1.82) is 0 Å². The van der Waals surface area contributed by atoms with Gasteiger partial charge in [0.05, 0.1) is 6.61 Å². The molecule has 7 heteroatoms. The molecule has 0 N–H and O–H groups in total. The Bertz CT molecular complexity index is 864. The molecule has 3 aromatic rings. The van der Waals surface area contributed by atoms with Gasteiger partial charge in [-0.05, 0) is 32.4 Å². The second-order valence-electron chi connectivity index (χ2n) is 5.31. The summed E-state index contributed by atoms with van der Waals surface area (Å²) in [5.74, 6) is 0.235. The lowest BCUT2D eigenvalue weighted by Gasteiger charge is -2.13. The van der Waals surface area contributed by atoms with Crippen LogP contribution in [-0.2, 0) is 9.53 Å². The minimum atomic E-state index is -0.509. The van der Waals surface area contributed by atoms with Gasteiger partial charge in [0.2, 0.25) is 5.16 Å². The molecule has 0 saturated carbocycles. The maximum atomic E-state index is 12.4. The van der Waals surface area contributed by atoms with Crippen LogP contribution in [0, 0.1) is 13.8 Å². The van der Waals surface area contributed by atoms with Crippen LogP contribution in [0.3, 0.4) is 0 Å². The van der Waals surface area contributed by atoms with Gasteiger partial charge in [0.25, 0.3) is 5.78 Å². The SMILES string of the molecule is CCOC(=O)[C@@H](Sc1nc2nc(C)cc(C)n2n1)c1ccccc1. The van der Waals surface area contributed by atoms with Crippen LogP contribution < -0.4 is 0 Å². The number of benzene rings is 1. The quantitative estimate of drug-likeness (QED) is 0.524. The molecule has 3 rings (SSSR count). The molecule has 0 saturated heterocycles. The number of carbonyl (C=O) groups excluding carboxylic acids is 1. The van der Waals surface area contributed by atoms with Crippen LogP contribution in [-0.4, -0.2) is 32.2 Å². The topological polar surface area (TPSA) is 69.4 Å². The van der Waals surface area contributed by atoms with Gasteiger partial charge in [-0.3, -0.25) is 4.79 Å². The largest absolute Gasteiger partial charge is 0.465 e. The average molecular weight is 342 g/mol. The Balaban J connectivity index is 1.95. The lowest BCUT2D eigenvalue weighted by molar-refractivity contribution is -0.142. The zero-order chi connectivity index (χ0) is 17.1. The highest BCUT2D eigenvalue weighted by Crippen LogP contribution is 2.34. The third kappa shape index (κ3) is 3.41. The number of aromatic nitrogens is 4. The predicted octanol–water partition coefficient (Wildman–Crippen LogP) is 3.14. The van der Waals surface area contributed by atoms with E-state index in [1.807, 2.05) is 50.2 Å². The van der Waals surface area contributed by atoms with Crippen LogP contribution in [0.1, 0.15) is 29.1 Å². The Hall–Kier alpha value is -2.41. The Morgan fingerprint density at radius 2 is 2.00 bits per heavy atom. The fraction of sp³-hybridized carbons (Fsp3) is 0.294. The Morgan fingerprint density at radius 3 is 2.71 bits per heavy atom. The zero-order valence-electron chi connectivity index (χ0n) is 13.8. The number of rotatable bonds is 5. The van der Waals surface area contributed by atoms with E-state index in [0.717, 1.165) is 17.0 Å². The monoisotopic (exact) mass is 342 g/mol. The summed E-state index contributed by atoms with van der Waals surface area (Å²) in [6.45, 7) is 6.00. The first-order chi connectivity index (χ1) is 11.6. The second kappa shape index (κ2) is 7.00. The van der Waals surface area contributed by atoms with Gasteiger partial charge in [-0.25, -0.2) is 9.50 Å². The van der Waals surface area contributed by atoms with E-state index in [1.165, 1.54) is 11.8 Å². The van der Waals surface area contributed by atoms with Gasteiger partial charge < -0.3 is 4.74 Å². The smallest absolute Gasteiger partial charge is 0.324 e. The molecule has 0 aliphatic heterocycles. The molecular weight excluding hydrogens is 324 g/mol. The van der Waals surface area contributed by atoms with Crippen molar-refractivity contribution in [2.45, 2.75) is 31.2 Å². The van der Waals surface area contributed by atoms with Gasteiger partial charge in [0.15, 0.2) is 0 Å². The van der Waals surface area contributed by atoms with Crippen LogP contribution in [0.15, 0.2) is 41.6 Å². The summed E-state index contributed by atoms with van der Waals surface area (Å²) < 4.78 is 6.89. The van der Waals surface area contributed by atoms with Crippen LogP contribution in [0.4, 0.5) is 0 Å². The molecule has 0 aliphatic carbocycles. The van der Waals surface area contributed by atoms with E-state index in [4.69, 9.17) is 4.74 Å². The van der Waals surface area contributed by atoms with Crippen LogP contribution in [0.25, 0.3) is 5.78 Å². The molecule has 0 fully saturated rings. The first kappa shape index (κ1) is 16.4. The van der Waals surface area contributed by atoms with E-state index >= 15 is 0 Å². The maximum absolute atomic E-state index is 12.4. The van der Waals surface area contributed by atoms with Crippen molar-refractivity contribution in [2.75, 3.05) is 6.61 Å². The molecule has 0 spiro atoms. The number of carbonyl (C=O) groups is 1. The van der Waals surface area contributed by atoms with Crippen molar-refractivity contribution in [3.8, 4) is 0 Å². The molecule has 2 aromatic heterocycles. The van der Waals surface area contributed by atoms with Crippen LogP contribution >= 0.6 is 11.8 Å². The van der Waals surface area contributed by atoms with Crippen LogP contribution in [0.5, 0.6) is 0 Å². The summed E-state index contributed by atoms with van der Waals surface area (Å²) >= 11 is 1.27. The zero-order valence-corrected chi connectivity index (χ0v) is 14.6. The van der Waals surface area contributed by atoms with Crippen molar-refractivity contribution < 1.29 is 9.53 Å². The highest BCUT2D eigenvalue weighted by Gasteiger charge is 2.25. The number of ether oxygens (including phenoxy) is 1. The van der Waals surface area contributed by atoms with E-state index in [1.54, 1.807) is 11.4 Å². The Labute approximate surface area is 144 Å². The average Bonchev–Trinajstić information content (AvgIpc) is 2.96. The van der Waals surface area contributed by atoms with E-state index in [2.05, 4.69) is 15.1 Å². The lowest BCUT2D eigenvalue weighted by atomic mass is 10.1. The standard InChI is InChI=1S/C17H18N4O2S/c1-4-23-15(22)14(13-8-6-5-7-9-13)24-17-19-16-18-11(2)10-12(3)21(16)20-17/h5-10,14H,4H2,1-3H3/t14-/m0/s1. The number of esters is 1. The summed E-state index contributed by atoms with van der Waals surface area (Å²) in [6.07, 6.45) is 0. The number of aryl methyl sites for hydroxylation is 2. The van der Waals surface area contributed by atoms with E-state index in [0.29, 0.717) is 17.5 Å². The number of thioether (sulfide) groups is 1. The van der Waals surface area contributed by atoms with Gasteiger partial charge in [-0.2, -0.15) is 4.98 Å². The third-order valence-electron chi connectivity index (χ3n) is 3.43. The number of fused-ring (bicyclic) bond motifs is 1. The molecule has 0 unspecified atom stereocenters. The molecule has 24 heavy (non-hydrogen) atoms. The molecule has 124 valence electrons. The van der Waals surface area contributed by atoms with Crippen molar-refractivity contribution in [2.24, 2.45) is 0 Å². The third-order valence-corrected chi connectivity index (χ3v) is 4.51. The highest BCUT2D eigenvalue weighted by molar-refractivity contribution is 8.00. The summed E-state index contributed by atoms with van der Waals surface area (Å²) in [4.78, 5) is 21.2. The molecule has 1 atom stereocenters. The van der Waals surface area contributed by atoms with E-state index in [9.17, 15) is 4.79 Å².